The molecule has 2 N–H and O–H groups in total. The minimum absolute atomic E-state index is 0.214. The molecular formula is C18H22N2O2. The maximum atomic E-state index is 12.4. The fourth-order valence-electron chi connectivity index (χ4n) is 2.29. The zero-order valence-corrected chi connectivity index (χ0v) is 13.2. The van der Waals surface area contributed by atoms with Crippen molar-refractivity contribution in [2.75, 3.05) is 17.3 Å². The van der Waals surface area contributed by atoms with E-state index in [2.05, 4.69) is 5.32 Å². The maximum Gasteiger partial charge on any atom is 0.326 e. The van der Waals surface area contributed by atoms with Gasteiger partial charge >= 0.3 is 6.03 Å². The van der Waals surface area contributed by atoms with Crippen LogP contribution in [0.15, 0.2) is 54.6 Å². The number of amides is 2. The molecule has 2 rings (SSSR count). The number of benzene rings is 2. The van der Waals surface area contributed by atoms with E-state index in [1.807, 2.05) is 54.6 Å². The first kappa shape index (κ1) is 16.0. The summed E-state index contributed by atoms with van der Waals surface area (Å²) in [6, 6.07) is 16.7. The Bertz CT molecular complexity index is 633. The molecule has 0 heterocycles. The van der Waals surface area contributed by atoms with Gasteiger partial charge in [-0.1, -0.05) is 36.4 Å². The Balaban J connectivity index is 2.18. The molecule has 0 radical (unpaired) electrons. The highest BCUT2D eigenvalue weighted by Crippen LogP contribution is 2.24. The SMILES string of the molecule is CN(C(=O)Nc1ccccc1)c1ccccc1CC(C)(C)O. The molecule has 0 aliphatic carbocycles. The number of carbonyl (C=O) groups excluding carboxylic acids is 1. The standard InChI is InChI=1S/C18H22N2O2/c1-18(2,22)13-14-9-7-8-12-16(14)20(3)17(21)19-15-10-5-4-6-11-15/h4-12,22H,13H2,1-3H3,(H,19,21). The second-order valence-corrected chi connectivity index (χ2v) is 5.97. The van der Waals surface area contributed by atoms with Gasteiger partial charge in [-0.3, -0.25) is 4.90 Å². The number of para-hydroxylation sites is 2. The highest BCUT2D eigenvalue weighted by Gasteiger charge is 2.19. The lowest BCUT2D eigenvalue weighted by Gasteiger charge is -2.24. The number of hydrogen-bond donors (Lipinski definition) is 2. The average molecular weight is 298 g/mol. The van der Waals surface area contributed by atoms with Gasteiger partial charge in [-0.2, -0.15) is 0 Å². The van der Waals surface area contributed by atoms with E-state index in [9.17, 15) is 9.90 Å². The van der Waals surface area contributed by atoms with Crippen LogP contribution in [0.4, 0.5) is 16.2 Å². The number of aliphatic hydroxyl groups is 1. The summed E-state index contributed by atoms with van der Waals surface area (Å²) >= 11 is 0. The number of anilines is 2. The number of hydrogen-bond acceptors (Lipinski definition) is 2. The van der Waals surface area contributed by atoms with Crippen molar-refractivity contribution in [3.63, 3.8) is 0 Å². The molecule has 0 bridgehead atoms. The summed E-state index contributed by atoms with van der Waals surface area (Å²) in [6.45, 7) is 3.52. The van der Waals surface area contributed by atoms with Gasteiger partial charge in [-0.25, -0.2) is 4.79 Å². The van der Waals surface area contributed by atoms with Crippen molar-refractivity contribution >= 4 is 17.4 Å². The zero-order valence-electron chi connectivity index (χ0n) is 13.2. The molecule has 0 atom stereocenters. The summed E-state index contributed by atoms with van der Waals surface area (Å²) in [7, 11) is 1.72. The van der Waals surface area contributed by atoms with Crippen LogP contribution in [0.5, 0.6) is 0 Å². The Kier molecular flexibility index (Phi) is 4.83. The van der Waals surface area contributed by atoms with E-state index in [1.54, 1.807) is 25.8 Å². The van der Waals surface area contributed by atoms with Gasteiger partial charge in [0.2, 0.25) is 0 Å². The van der Waals surface area contributed by atoms with Crippen LogP contribution in [0.3, 0.4) is 0 Å². The largest absolute Gasteiger partial charge is 0.390 e. The predicted octanol–water partition coefficient (Wildman–Crippen LogP) is 3.67. The first-order chi connectivity index (χ1) is 10.4. The van der Waals surface area contributed by atoms with Crippen LogP contribution >= 0.6 is 0 Å². The van der Waals surface area contributed by atoms with Crippen molar-refractivity contribution in [1.82, 2.24) is 0 Å². The van der Waals surface area contributed by atoms with Gasteiger partial charge < -0.3 is 10.4 Å². The monoisotopic (exact) mass is 298 g/mol. The summed E-state index contributed by atoms with van der Waals surface area (Å²) < 4.78 is 0. The van der Waals surface area contributed by atoms with E-state index in [0.29, 0.717) is 6.42 Å². The van der Waals surface area contributed by atoms with E-state index in [4.69, 9.17) is 0 Å². The van der Waals surface area contributed by atoms with Gasteiger partial charge in [0.05, 0.1) is 5.60 Å². The normalized spacial score (nSPS) is 11.1. The Hall–Kier alpha value is -2.33. The highest BCUT2D eigenvalue weighted by atomic mass is 16.3. The molecule has 22 heavy (non-hydrogen) atoms. The third-order valence-corrected chi connectivity index (χ3v) is 3.31. The number of carbonyl (C=O) groups is 1. The van der Waals surface area contributed by atoms with E-state index in [0.717, 1.165) is 16.9 Å². The van der Waals surface area contributed by atoms with Crippen molar-refractivity contribution in [2.45, 2.75) is 25.9 Å². The molecular weight excluding hydrogens is 276 g/mol. The Labute approximate surface area is 131 Å². The fourth-order valence-corrected chi connectivity index (χ4v) is 2.29. The van der Waals surface area contributed by atoms with Gasteiger partial charge in [0.15, 0.2) is 0 Å². The van der Waals surface area contributed by atoms with Crippen molar-refractivity contribution in [3.8, 4) is 0 Å². The Morgan fingerprint density at radius 3 is 2.32 bits per heavy atom. The van der Waals surface area contributed by atoms with E-state index in [-0.39, 0.29) is 6.03 Å². The zero-order chi connectivity index (χ0) is 16.2. The lowest BCUT2D eigenvalue weighted by Crippen LogP contribution is -2.33. The van der Waals surface area contributed by atoms with Gasteiger partial charge in [-0.05, 0) is 37.6 Å². The molecule has 0 saturated heterocycles. The molecule has 0 unspecified atom stereocenters. The van der Waals surface area contributed by atoms with E-state index in [1.165, 1.54) is 0 Å². The second kappa shape index (κ2) is 6.62. The van der Waals surface area contributed by atoms with E-state index < -0.39 is 5.60 Å². The smallest absolute Gasteiger partial charge is 0.326 e. The first-order valence-electron chi connectivity index (χ1n) is 7.27. The third kappa shape index (κ3) is 4.33. The molecule has 4 nitrogen and oxygen atoms in total. The Morgan fingerprint density at radius 2 is 1.68 bits per heavy atom. The summed E-state index contributed by atoms with van der Waals surface area (Å²) in [5.74, 6) is 0. The lowest BCUT2D eigenvalue weighted by molar-refractivity contribution is 0.0811. The Morgan fingerprint density at radius 1 is 1.09 bits per heavy atom. The quantitative estimate of drug-likeness (QED) is 0.905. The van der Waals surface area contributed by atoms with Crippen LogP contribution in [0, 0.1) is 0 Å². The maximum absolute atomic E-state index is 12.4. The van der Waals surface area contributed by atoms with Crippen molar-refractivity contribution in [3.05, 3.63) is 60.2 Å². The average Bonchev–Trinajstić information content (AvgIpc) is 2.46. The highest BCUT2D eigenvalue weighted by molar-refractivity contribution is 6.01. The third-order valence-electron chi connectivity index (χ3n) is 3.31. The molecule has 4 heteroatoms. The van der Waals surface area contributed by atoms with Crippen LogP contribution in [0.1, 0.15) is 19.4 Å². The summed E-state index contributed by atoms with van der Waals surface area (Å²) in [6.07, 6.45) is 0.478. The molecule has 2 amide bonds. The predicted molar refractivity (Wildman–Crippen MR) is 90.3 cm³/mol. The summed E-state index contributed by atoms with van der Waals surface area (Å²) in [5.41, 5.74) is 1.64. The van der Waals surface area contributed by atoms with Crippen LogP contribution in [-0.2, 0) is 6.42 Å². The van der Waals surface area contributed by atoms with Gasteiger partial charge in [0, 0.05) is 24.8 Å². The van der Waals surface area contributed by atoms with Crippen molar-refractivity contribution in [2.24, 2.45) is 0 Å². The van der Waals surface area contributed by atoms with Crippen LogP contribution < -0.4 is 10.2 Å². The lowest BCUT2D eigenvalue weighted by atomic mass is 9.97. The van der Waals surface area contributed by atoms with E-state index >= 15 is 0 Å². The van der Waals surface area contributed by atoms with Crippen LogP contribution in [-0.4, -0.2) is 23.8 Å². The molecule has 0 saturated carbocycles. The molecule has 0 spiro atoms. The second-order valence-electron chi connectivity index (χ2n) is 5.97. The van der Waals surface area contributed by atoms with Crippen LogP contribution in [0.25, 0.3) is 0 Å². The van der Waals surface area contributed by atoms with Gasteiger partial charge in [0.25, 0.3) is 0 Å². The molecule has 0 aliphatic rings. The number of nitrogens with zero attached hydrogens (tertiary/aromatic N) is 1. The number of urea groups is 1. The number of nitrogens with one attached hydrogen (secondary N) is 1. The summed E-state index contributed by atoms with van der Waals surface area (Å²) in [5, 5.41) is 12.9. The number of rotatable bonds is 4. The van der Waals surface area contributed by atoms with Gasteiger partial charge in [0.1, 0.15) is 0 Å². The minimum atomic E-state index is -0.827. The summed E-state index contributed by atoms with van der Waals surface area (Å²) in [4.78, 5) is 13.9. The molecule has 0 aromatic heterocycles. The molecule has 116 valence electrons. The molecule has 0 fully saturated rings. The molecule has 2 aromatic rings. The topological polar surface area (TPSA) is 52.6 Å². The van der Waals surface area contributed by atoms with Crippen molar-refractivity contribution < 1.29 is 9.90 Å². The fraction of sp³-hybridized carbons (Fsp3) is 0.278. The first-order valence-corrected chi connectivity index (χ1v) is 7.27. The van der Waals surface area contributed by atoms with Gasteiger partial charge in [-0.15, -0.1) is 0 Å². The van der Waals surface area contributed by atoms with Crippen LogP contribution in [0.2, 0.25) is 0 Å². The molecule has 2 aromatic carbocycles. The van der Waals surface area contributed by atoms with Crippen molar-refractivity contribution in [1.29, 1.82) is 0 Å². The molecule has 0 aliphatic heterocycles. The minimum Gasteiger partial charge on any atom is -0.390 e.